The summed E-state index contributed by atoms with van der Waals surface area (Å²) in [7, 11) is 0. The van der Waals surface area contributed by atoms with Crippen LogP contribution in [-0.2, 0) is 19.2 Å². The summed E-state index contributed by atoms with van der Waals surface area (Å²) in [6.07, 6.45) is 0. The summed E-state index contributed by atoms with van der Waals surface area (Å²) in [5, 5.41) is 15.3. The summed E-state index contributed by atoms with van der Waals surface area (Å²) in [6.45, 7) is 0.619. The van der Waals surface area contributed by atoms with Gasteiger partial charge in [0, 0.05) is 5.75 Å². The average Bonchev–Trinajstić information content (AvgIpc) is 2.41. The zero-order valence-corrected chi connectivity index (χ0v) is 11.8. The van der Waals surface area contributed by atoms with Gasteiger partial charge in [0.05, 0.1) is 13.1 Å². The van der Waals surface area contributed by atoms with E-state index < -0.39 is 42.3 Å². The van der Waals surface area contributed by atoms with Gasteiger partial charge < -0.3 is 26.8 Å². The molecule has 0 aliphatic heterocycles. The highest BCUT2D eigenvalue weighted by molar-refractivity contribution is 7.80. The topological polar surface area (TPSA) is 151 Å². The van der Waals surface area contributed by atoms with Crippen LogP contribution in [0.25, 0.3) is 0 Å². The number of thiol groups is 1. The van der Waals surface area contributed by atoms with Gasteiger partial charge in [0.1, 0.15) is 12.1 Å². The van der Waals surface area contributed by atoms with Gasteiger partial charge in [0.2, 0.25) is 17.7 Å². The van der Waals surface area contributed by atoms with Crippen LogP contribution in [0.15, 0.2) is 0 Å². The van der Waals surface area contributed by atoms with Crippen molar-refractivity contribution in [2.45, 2.75) is 19.0 Å². The Morgan fingerprint density at radius 3 is 2.25 bits per heavy atom. The lowest BCUT2D eigenvalue weighted by molar-refractivity contribution is -0.141. The van der Waals surface area contributed by atoms with E-state index in [2.05, 4.69) is 28.6 Å². The molecule has 2 unspecified atom stereocenters. The SMILES string of the molecule is CC(NC(=O)CNC(=O)C(CS)NC(=O)CN)C(=O)O. The minimum atomic E-state index is -1.19. The van der Waals surface area contributed by atoms with E-state index in [1.54, 1.807) is 0 Å². The fourth-order valence-electron chi connectivity index (χ4n) is 1.09. The Morgan fingerprint density at radius 2 is 1.80 bits per heavy atom. The van der Waals surface area contributed by atoms with E-state index in [1.165, 1.54) is 6.92 Å². The predicted molar refractivity (Wildman–Crippen MR) is 73.1 cm³/mol. The van der Waals surface area contributed by atoms with Crippen LogP contribution in [0.1, 0.15) is 6.92 Å². The minimum absolute atomic E-state index is 0.0325. The molecule has 0 aromatic rings. The second-order valence-corrected chi connectivity index (χ2v) is 4.22. The molecule has 0 heterocycles. The van der Waals surface area contributed by atoms with E-state index in [1.807, 2.05) is 0 Å². The van der Waals surface area contributed by atoms with Crippen LogP contribution in [0, 0.1) is 0 Å². The first-order valence-corrected chi connectivity index (χ1v) is 6.35. The quantitative estimate of drug-likeness (QED) is 0.264. The number of carboxylic acids is 1. The summed E-state index contributed by atoms with van der Waals surface area (Å²) >= 11 is 3.90. The second kappa shape index (κ2) is 9.15. The molecule has 0 bridgehead atoms. The zero-order valence-electron chi connectivity index (χ0n) is 10.9. The maximum atomic E-state index is 11.6. The van der Waals surface area contributed by atoms with Crippen molar-refractivity contribution >= 4 is 36.3 Å². The van der Waals surface area contributed by atoms with Gasteiger partial charge in [0.15, 0.2) is 0 Å². The Hall–Kier alpha value is -1.81. The van der Waals surface area contributed by atoms with Crippen LogP contribution in [0.4, 0.5) is 0 Å². The molecule has 0 spiro atoms. The molecular weight excluding hydrogens is 288 g/mol. The largest absolute Gasteiger partial charge is 0.480 e. The maximum Gasteiger partial charge on any atom is 0.325 e. The first-order chi connectivity index (χ1) is 9.31. The van der Waals surface area contributed by atoms with Crippen LogP contribution in [0.5, 0.6) is 0 Å². The maximum absolute atomic E-state index is 11.6. The van der Waals surface area contributed by atoms with Crippen molar-refractivity contribution in [3.63, 3.8) is 0 Å². The molecule has 0 rings (SSSR count). The van der Waals surface area contributed by atoms with Crippen LogP contribution in [0.2, 0.25) is 0 Å². The van der Waals surface area contributed by atoms with Crippen molar-refractivity contribution in [3.05, 3.63) is 0 Å². The fraction of sp³-hybridized carbons (Fsp3) is 0.600. The molecule has 10 heteroatoms. The summed E-state index contributed by atoms with van der Waals surface area (Å²) < 4.78 is 0. The highest BCUT2D eigenvalue weighted by Gasteiger charge is 2.20. The first-order valence-electron chi connectivity index (χ1n) is 5.72. The third kappa shape index (κ3) is 6.95. The van der Waals surface area contributed by atoms with Crippen LogP contribution >= 0.6 is 12.6 Å². The Kier molecular flexibility index (Phi) is 8.32. The third-order valence-corrected chi connectivity index (χ3v) is 2.56. The number of aliphatic carboxylic acids is 1. The van der Waals surface area contributed by atoms with E-state index in [-0.39, 0.29) is 12.3 Å². The molecule has 114 valence electrons. The van der Waals surface area contributed by atoms with Crippen molar-refractivity contribution in [3.8, 4) is 0 Å². The van der Waals surface area contributed by atoms with Gasteiger partial charge >= 0.3 is 5.97 Å². The van der Waals surface area contributed by atoms with Gasteiger partial charge in [-0.1, -0.05) is 0 Å². The highest BCUT2D eigenvalue weighted by atomic mass is 32.1. The molecule has 0 aromatic heterocycles. The lowest BCUT2D eigenvalue weighted by Gasteiger charge is -2.16. The summed E-state index contributed by atoms with van der Waals surface area (Å²) in [4.78, 5) is 44.5. The number of hydrogen-bond acceptors (Lipinski definition) is 6. The molecule has 0 saturated carbocycles. The molecule has 0 aromatic carbocycles. The molecule has 3 amide bonds. The number of amides is 3. The van der Waals surface area contributed by atoms with E-state index in [9.17, 15) is 19.2 Å². The van der Waals surface area contributed by atoms with Gasteiger partial charge in [-0.25, -0.2) is 0 Å². The summed E-state index contributed by atoms with van der Waals surface area (Å²) in [6, 6.07) is -1.98. The molecule has 0 fully saturated rings. The smallest absolute Gasteiger partial charge is 0.325 e. The van der Waals surface area contributed by atoms with Crippen molar-refractivity contribution in [1.29, 1.82) is 0 Å². The highest BCUT2D eigenvalue weighted by Crippen LogP contribution is 1.89. The molecule has 2 atom stereocenters. The molecule has 9 nitrogen and oxygen atoms in total. The Labute approximate surface area is 121 Å². The van der Waals surface area contributed by atoms with Gasteiger partial charge in [-0.2, -0.15) is 12.6 Å². The monoisotopic (exact) mass is 306 g/mol. The predicted octanol–water partition coefficient (Wildman–Crippen LogP) is -2.93. The summed E-state index contributed by atoms with van der Waals surface area (Å²) in [5.74, 6) is -2.95. The van der Waals surface area contributed by atoms with Gasteiger partial charge in [-0.15, -0.1) is 0 Å². The Morgan fingerprint density at radius 1 is 1.20 bits per heavy atom. The standard InChI is InChI=1S/C10H18N4O5S/c1-5(10(18)19)13-8(16)3-12-9(17)6(4-20)14-7(15)2-11/h5-6,20H,2-4,11H2,1H3,(H,12,17)(H,13,16)(H,14,15)(H,18,19). The van der Waals surface area contributed by atoms with Crippen LogP contribution in [-0.4, -0.2) is 59.7 Å². The van der Waals surface area contributed by atoms with Gasteiger partial charge in [-0.05, 0) is 6.92 Å². The number of nitrogens with one attached hydrogen (secondary N) is 3. The lowest BCUT2D eigenvalue weighted by Crippen LogP contribution is -2.52. The normalized spacial score (nSPS) is 12.9. The number of carbonyl (C=O) groups is 4. The van der Waals surface area contributed by atoms with E-state index >= 15 is 0 Å². The van der Waals surface area contributed by atoms with Crippen LogP contribution in [0.3, 0.4) is 0 Å². The Balaban J connectivity index is 4.22. The van der Waals surface area contributed by atoms with Gasteiger partial charge in [0.25, 0.3) is 0 Å². The molecule has 0 saturated heterocycles. The molecule has 0 aliphatic carbocycles. The van der Waals surface area contributed by atoms with E-state index in [0.717, 1.165) is 0 Å². The molecule has 0 radical (unpaired) electrons. The number of rotatable bonds is 8. The number of carboxylic acid groups (broad SMARTS) is 1. The number of nitrogens with two attached hydrogens (primary N) is 1. The van der Waals surface area contributed by atoms with Crippen molar-refractivity contribution in [2.75, 3.05) is 18.8 Å². The Bertz CT molecular complexity index is 390. The second-order valence-electron chi connectivity index (χ2n) is 3.85. The number of carbonyl (C=O) groups excluding carboxylic acids is 3. The molecule has 0 aliphatic rings. The van der Waals surface area contributed by atoms with Crippen LogP contribution < -0.4 is 21.7 Å². The fourth-order valence-corrected chi connectivity index (χ4v) is 1.35. The molecular formula is C10H18N4O5S. The lowest BCUT2D eigenvalue weighted by atomic mass is 10.3. The van der Waals surface area contributed by atoms with Crippen molar-refractivity contribution in [1.82, 2.24) is 16.0 Å². The van der Waals surface area contributed by atoms with E-state index in [0.29, 0.717) is 0 Å². The zero-order chi connectivity index (χ0) is 15.7. The molecule has 6 N–H and O–H groups in total. The third-order valence-electron chi connectivity index (χ3n) is 2.19. The van der Waals surface area contributed by atoms with Crippen molar-refractivity contribution < 1.29 is 24.3 Å². The van der Waals surface area contributed by atoms with Gasteiger partial charge in [-0.3, -0.25) is 19.2 Å². The summed E-state index contributed by atoms with van der Waals surface area (Å²) in [5.41, 5.74) is 5.09. The minimum Gasteiger partial charge on any atom is -0.480 e. The average molecular weight is 306 g/mol. The first kappa shape index (κ1) is 18.2. The number of hydrogen-bond donors (Lipinski definition) is 6. The van der Waals surface area contributed by atoms with E-state index in [4.69, 9.17) is 10.8 Å². The van der Waals surface area contributed by atoms with Crippen molar-refractivity contribution in [2.24, 2.45) is 5.73 Å². The molecule has 20 heavy (non-hydrogen) atoms.